The van der Waals surface area contributed by atoms with Gasteiger partial charge in [-0.05, 0) is 61.6 Å². The molecule has 0 saturated carbocycles. The van der Waals surface area contributed by atoms with Crippen molar-refractivity contribution in [1.82, 2.24) is 10.2 Å². The molecule has 0 amide bonds. The minimum atomic E-state index is 0.433. The van der Waals surface area contributed by atoms with Crippen molar-refractivity contribution in [3.8, 4) is 0 Å². The van der Waals surface area contributed by atoms with E-state index in [4.69, 9.17) is 5.73 Å². The Bertz CT molecular complexity index is 592. The van der Waals surface area contributed by atoms with E-state index in [9.17, 15) is 0 Å². The molecule has 21 heavy (non-hydrogen) atoms. The van der Waals surface area contributed by atoms with Crippen molar-refractivity contribution in [2.24, 2.45) is 0 Å². The first kappa shape index (κ1) is 14.6. The number of nitrogens with two attached hydrogens (primary N) is 1. The fraction of sp³-hybridized carbons (Fsp3) is 0.412. The summed E-state index contributed by atoms with van der Waals surface area (Å²) < 4.78 is 0. The Labute approximate surface area is 130 Å². The predicted molar refractivity (Wildman–Crippen MR) is 90.7 cm³/mol. The molecule has 1 heterocycles. The van der Waals surface area contributed by atoms with Crippen LogP contribution in [-0.4, -0.2) is 25.5 Å². The van der Waals surface area contributed by atoms with Gasteiger partial charge in [0.15, 0.2) is 0 Å². The van der Waals surface area contributed by atoms with Gasteiger partial charge in [0.2, 0.25) is 0 Å². The largest absolute Gasteiger partial charge is 0.399 e. The van der Waals surface area contributed by atoms with E-state index in [1.54, 1.807) is 0 Å². The Kier molecular flexibility index (Phi) is 4.29. The van der Waals surface area contributed by atoms with Gasteiger partial charge >= 0.3 is 0 Å². The molecule has 1 aliphatic carbocycles. The lowest BCUT2D eigenvalue weighted by molar-refractivity contribution is 0.283. The van der Waals surface area contributed by atoms with E-state index in [1.807, 2.05) is 17.4 Å². The van der Waals surface area contributed by atoms with E-state index < -0.39 is 0 Å². The predicted octanol–water partition coefficient (Wildman–Crippen LogP) is 3.21. The van der Waals surface area contributed by atoms with Crippen LogP contribution < -0.4 is 11.1 Å². The first-order valence-corrected chi connectivity index (χ1v) is 8.34. The van der Waals surface area contributed by atoms with Crippen LogP contribution >= 0.6 is 11.3 Å². The second-order valence-electron chi connectivity index (χ2n) is 5.95. The van der Waals surface area contributed by atoms with Gasteiger partial charge < -0.3 is 16.0 Å². The minimum Gasteiger partial charge on any atom is -0.399 e. The number of thiophene rings is 1. The van der Waals surface area contributed by atoms with Crippen LogP contribution in [0.25, 0.3) is 0 Å². The number of hydrogen-bond donors (Lipinski definition) is 2. The average molecular weight is 301 g/mol. The van der Waals surface area contributed by atoms with Crippen molar-refractivity contribution in [2.75, 3.05) is 26.4 Å². The Morgan fingerprint density at radius 3 is 2.95 bits per heavy atom. The quantitative estimate of drug-likeness (QED) is 0.833. The van der Waals surface area contributed by atoms with Crippen LogP contribution in [0.2, 0.25) is 0 Å². The van der Waals surface area contributed by atoms with Gasteiger partial charge in [0.05, 0.1) is 6.04 Å². The standard InChI is InChI=1S/C17H23N3S/c1-20(2)16(17-4-3-9-21-17)11-19-15-8-5-12-10-13(18)6-7-14(12)15/h3-4,6-7,9-10,15-16,19H,5,8,11,18H2,1-2H3. The maximum absolute atomic E-state index is 5.88. The van der Waals surface area contributed by atoms with Gasteiger partial charge in [-0.25, -0.2) is 0 Å². The number of anilines is 1. The van der Waals surface area contributed by atoms with Gasteiger partial charge in [0, 0.05) is 23.2 Å². The second-order valence-corrected chi connectivity index (χ2v) is 6.93. The highest BCUT2D eigenvalue weighted by Crippen LogP contribution is 2.33. The van der Waals surface area contributed by atoms with Crippen LogP contribution in [0.1, 0.15) is 34.5 Å². The molecule has 0 fully saturated rings. The fourth-order valence-electron chi connectivity index (χ4n) is 3.12. The van der Waals surface area contributed by atoms with E-state index >= 15 is 0 Å². The highest BCUT2D eigenvalue weighted by molar-refractivity contribution is 7.10. The summed E-state index contributed by atoms with van der Waals surface area (Å²) in [5.74, 6) is 0. The molecular weight excluding hydrogens is 278 g/mol. The number of benzene rings is 1. The van der Waals surface area contributed by atoms with Gasteiger partial charge in [0.25, 0.3) is 0 Å². The van der Waals surface area contributed by atoms with Crippen LogP contribution in [0.4, 0.5) is 5.69 Å². The summed E-state index contributed by atoms with van der Waals surface area (Å²) in [5.41, 5.74) is 9.58. The van der Waals surface area contributed by atoms with E-state index in [2.05, 4.69) is 54.0 Å². The van der Waals surface area contributed by atoms with Gasteiger partial charge in [-0.15, -0.1) is 11.3 Å². The number of aryl methyl sites for hydroxylation is 1. The number of likely N-dealkylation sites (N-methyl/N-ethyl adjacent to an activating group) is 1. The first-order chi connectivity index (χ1) is 10.1. The molecule has 0 spiro atoms. The number of fused-ring (bicyclic) bond motifs is 1. The van der Waals surface area contributed by atoms with Crippen molar-refractivity contribution in [1.29, 1.82) is 0 Å². The summed E-state index contributed by atoms with van der Waals surface area (Å²) >= 11 is 1.83. The molecule has 112 valence electrons. The molecule has 3 rings (SSSR count). The molecule has 0 aliphatic heterocycles. The van der Waals surface area contributed by atoms with Crippen LogP contribution in [0.3, 0.4) is 0 Å². The Morgan fingerprint density at radius 2 is 2.24 bits per heavy atom. The number of rotatable bonds is 5. The van der Waals surface area contributed by atoms with E-state index in [1.165, 1.54) is 22.4 Å². The molecule has 0 saturated heterocycles. The maximum atomic E-state index is 5.88. The lowest BCUT2D eigenvalue weighted by Gasteiger charge is -2.26. The molecule has 0 bridgehead atoms. The summed E-state index contributed by atoms with van der Waals surface area (Å²) in [4.78, 5) is 3.71. The van der Waals surface area contributed by atoms with E-state index in [0.29, 0.717) is 12.1 Å². The van der Waals surface area contributed by atoms with Gasteiger partial charge in [-0.3, -0.25) is 0 Å². The van der Waals surface area contributed by atoms with Crippen molar-refractivity contribution in [3.63, 3.8) is 0 Å². The molecule has 1 aliphatic rings. The zero-order valence-corrected chi connectivity index (χ0v) is 13.5. The topological polar surface area (TPSA) is 41.3 Å². The smallest absolute Gasteiger partial charge is 0.0561 e. The zero-order valence-electron chi connectivity index (χ0n) is 12.7. The molecule has 1 aromatic carbocycles. The van der Waals surface area contributed by atoms with Crippen LogP contribution in [-0.2, 0) is 6.42 Å². The first-order valence-electron chi connectivity index (χ1n) is 7.46. The Morgan fingerprint density at radius 1 is 1.38 bits per heavy atom. The van der Waals surface area contributed by atoms with E-state index in [-0.39, 0.29) is 0 Å². The van der Waals surface area contributed by atoms with Gasteiger partial charge in [-0.2, -0.15) is 0 Å². The van der Waals surface area contributed by atoms with Crippen LogP contribution in [0.5, 0.6) is 0 Å². The third kappa shape index (κ3) is 3.12. The summed E-state index contributed by atoms with van der Waals surface area (Å²) in [6, 6.07) is 11.6. The van der Waals surface area contributed by atoms with E-state index in [0.717, 1.165) is 18.7 Å². The molecule has 0 radical (unpaired) electrons. The van der Waals surface area contributed by atoms with Crippen LogP contribution in [0.15, 0.2) is 35.7 Å². The zero-order chi connectivity index (χ0) is 14.8. The molecule has 2 atom stereocenters. The highest BCUT2D eigenvalue weighted by Gasteiger charge is 2.24. The third-order valence-corrected chi connectivity index (χ3v) is 5.27. The van der Waals surface area contributed by atoms with Gasteiger partial charge in [-0.1, -0.05) is 12.1 Å². The number of nitrogen functional groups attached to an aromatic ring is 1. The normalized spacial score (nSPS) is 18.9. The Balaban J connectivity index is 1.68. The molecule has 3 N–H and O–H groups in total. The number of nitrogens with zero attached hydrogens (tertiary/aromatic N) is 1. The third-order valence-electron chi connectivity index (χ3n) is 4.30. The molecule has 3 nitrogen and oxygen atoms in total. The summed E-state index contributed by atoms with van der Waals surface area (Å²) in [6.45, 7) is 0.974. The van der Waals surface area contributed by atoms with Crippen LogP contribution in [0, 0.1) is 0 Å². The van der Waals surface area contributed by atoms with Crippen molar-refractivity contribution in [3.05, 3.63) is 51.7 Å². The highest BCUT2D eigenvalue weighted by atomic mass is 32.1. The minimum absolute atomic E-state index is 0.433. The van der Waals surface area contributed by atoms with Crippen molar-refractivity contribution in [2.45, 2.75) is 24.9 Å². The number of nitrogens with one attached hydrogen (secondary N) is 1. The lowest BCUT2D eigenvalue weighted by Crippen LogP contribution is -2.32. The summed E-state index contributed by atoms with van der Waals surface area (Å²) in [6.07, 6.45) is 2.30. The second kappa shape index (κ2) is 6.18. The Hall–Kier alpha value is -1.36. The molecule has 2 aromatic rings. The number of hydrogen-bond acceptors (Lipinski definition) is 4. The molecular formula is C17H23N3S. The SMILES string of the molecule is CN(C)C(CNC1CCc2cc(N)ccc21)c1cccs1. The average Bonchev–Trinajstić information content (AvgIpc) is 3.08. The fourth-order valence-corrected chi connectivity index (χ4v) is 4.04. The van der Waals surface area contributed by atoms with Crippen molar-refractivity contribution >= 4 is 17.0 Å². The van der Waals surface area contributed by atoms with Gasteiger partial charge in [0.1, 0.15) is 0 Å². The molecule has 4 heteroatoms. The summed E-state index contributed by atoms with van der Waals surface area (Å²) in [7, 11) is 4.30. The van der Waals surface area contributed by atoms with Crippen molar-refractivity contribution < 1.29 is 0 Å². The summed E-state index contributed by atoms with van der Waals surface area (Å²) in [5, 5.41) is 5.90. The molecule has 2 unspecified atom stereocenters. The maximum Gasteiger partial charge on any atom is 0.0561 e. The lowest BCUT2D eigenvalue weighted by atomic mass is 10.1. The molecule has 1 aromatic heterocycles. The monoisotopic (exact) mass is 301 g/mol.